The topological polar surface area (TPSA) is 80.1 Å². The maximum absolute atomic E-state index is 13.1. The molecule has 2 amide bonds. The summed E-state index contributed by atoms with van der Waals surface area (Å²) < 4.78 is 3.54. The summed E-state index contributed by atoms with van der Waals surface area (Å²) in [5, 5.41) is 12.5. The van der Waals surface area contributed by atoms with E-state index in [4.69, 9.17) is 11.6 Å². The van der Waals surface area contributed by atoms with Crippen molar-refractivity contribution in [1.82, 2.24) is 20.1 Å². The van der Waals surface area contributed by atoms with Crippen LogP contribution in [-0.2, 0) is 17.8 Å². The predicted molar refractivity (Wildman–Crippen MR) is 153 cm³/mol. The van der Waals surface area contributed by atoms with Gasteiger partial charge in [-0.2, -0.15) is 0 Å². The molecule has 1 aliphatic rings. The molecule has 0 saturated heterocycles. The average molecular weight is 662 g/mol. The molecule has 1 aliphatic heterocycles. The van der Waals surface area contributed by atoms with Crippen LogP contribution in [0.2, 0.25) is 5.02 Å². The molecule has 1 N–H and O–H groups in total. The molecule has 2 heterocycles. The van der Waals surface area contributed by atoms with E-state index in [0.29, 0.717) is 28.1 Å². The van der Waals surface area contributed by atoms with Gasteiger partial charge in [-0.25, -0.2) is 0 Å². The van der Waals surface area contributed by atoms with Gasteiger partial charge in [0, 0.05) is 26.9 Å². The lowest BCUT2D eigenvalue weighted by molar-refractivity contribution is -0.116. The van der Waals surface area contributed by atoms with Crippen molar-refractivity contribution in [3.8, 4) is 5.69 Å². The molecule has 0 radical (unpaired) electrons. The minimum absolute atomic E-state index is 0.0134. The highest BCUT2D eigenvalue weighted by atomic mass is 79.9. The summed E-state index contributed by atoms with van der Waals surface area (Å²) in [4.78, 5) is 27.7. The first kappa shape index (κ1) is 26.0. The Kier molecular flexibility index (Phi) is 7.99. The largest absolute Gasteiger partial charge is 0.345 e. The lowest BCUT2D eigenvalue weighted by Crippen LogP contribution is -2.30. The van der Waals surface area contributed by atoms with Crippen molar-refractivity contribution in [3.05, 3.63) is 97.6 Å². The van der Waals surface area contributed by atoms with E-state index in [-0.39, 0.29) is 24.1 Å². The minimum Gasteiger partial charge on any atom is -0.345 e. The summed E-state index contributed by atoms with van der Waals surface area (Å²) in [5.74, 6) is 0.430. The van der Waals surface area contributed by atoms with E-state index in [9.17, 15) is 9.59 Å². The van der Waals surface area contributed by atoms with Crippen LogP contribution in [0.3, 0.4) is 0 Å². The van der Waals surface area contributed by atoms with Crippen molar-refractivity contribution >= 4 is 72.7 Å². The summed E-state index contributed by atoms with van der Waals surface area (Å²) >= 11 is 14.4. The lowest BCUT2D eigenvalue weighted by Gasteiger charge is -2.17. The third kappa shape index (κ3) is 5.77. The lowest BCUT2D eigenvalue weighted by atomic mass is 10.2. The van der Waals surface area contributed by atoms with E-state index in [2.05, 4.69) is 53.4 Å². The Bertz CT molecular complexity index is 1480. The molecule has 0 saturated carbocycles. The van der Waals surface area contributed by atoms with Gasteiger partial charge in [-0.1, -0.05) is 73.4 Å². The van der Waals surface area contributed by atoms with Crippen LogP contribution < -0.4 is 10.2 Å². The van der Waals surface area contributed by atoms with E-state index in [1.54, 1.807) is 18.2 Å². The number of hydrogen-bond donors (Lipinski definition) is 1. The first-order valence-electron chi connectivity index (χ1n) is 11.4. The minimum atomic E-state index is -0.325. The maximum atomic E-state index is 13.1. The number of anilines is 1. The van der Waals surface area contributed by atoms with Crippen LogP contribution in [-0.4, -0.2) is 38.9 Å². The van der Waals surface area contributed by atoms with Crippen LogP contribution >= 0.6 is 55.2 Å². The summed E-state index contributed by atoms with van der Waals surface area (Å²) in [5.41, 5.74) is 3.33. The molecule has 1 aromatic heterocycles. The molecule has 0 bridgehead atoms. The van der Waals surface area contributed by atoms with Crippen molar-refractivity contribution in [2.75, 3.05) is 17.2 Å². The normalized spacial score (nSPS) is 12.5. The van der Waals surface area contributed by atoms with E-state index in [1.165, 1.54) is 17.3 Å². The van der Waals surface area contributed by atoms with E-state index in [0.717, 1.165) is 26.7 Å². The number of hydrogen-bond acceptors (Lipinski definition) is 5. The summed E-state index contributed by atoms with van der Waals surface area (Å²) in [7, 11) is 0. The second kappa shape index (κ2) is 11.4. The third-order valence-electron chi connectivity index (χ3n) is 5.88. The van der Waals surface area contributed by atoms with Crippen LogP contribution in [0, 0.1) is 0 Å². The Balaban J connectivity index is 1.35. The predicted octanol–water partition coefficient (Wildman–Crippen LogP) is 6.06. The van der Waals surface area contributed by atoms with E-state index < -0.39 is 0 Å². The number of benzene rings is 3. The number of carbonyl (C=O) groups is 2. The van der Waals surface area contributed by atoms with Gasteiger partial charge >= 0.3 is 0 Å². The monoisotopic (exact) mass is 659 g/mol. The molecule has 188 valence electrons. The van der Waals surface area contributed by atoms with Gasteiger partial charge in [-0.3, -0.25) is 14.2 Å². The van der Waals surface area contributed by atoms with Gasteiger partial charge in [-0.05, 0) is 60.5 Å². The fourth-order valence-electron chi connectivity index (χ4n) is 4.09. The van der Waals surface area contributed by atoms with E-state index in [1.807, 2.05) is 51.9 Å². The van der Waals surface area contributed by atoms with Crippen molar-refractivity contribution in [3.63, 3.8) is 0 Å². The van der Waals surface area contributed by atoms with Crippen LogP contribution in [0.1, 0.15) is 21.7 Å². The summed E-state index contributed by atoms with van der Waals surface area (Å²) in [6.07, 6.45) is 0.855. The molecule has 0 unspecified atom stereocenters. The van der Waals surface area contributed by atoms with Crippen LogP contribution in [0.25, 0.3) is 5.69 Å². The Morgan fingerprint density at radius 3 is 2.57 bits per heavy atom. The number of nitrogens with zero attached hydrogens (tertiary/aromatic N) is 4. The fourth-order valence-corrected chi connectivity index (χ4v) is 5.76. The Hall–Kier alpha value is -2.66. The highest BCUT2D eigenvalue weighted by Gasteiger charge is 2.25. The number of fused-ring (bicyclic) bond motifs is 1. The van der Waals surface area contributed by atoms with Gasteiger partial charge in [0.1, 0.15) is 0 Å². The smallest absolute Gasteiger partial charge is 0.253 e. The molecule has 0 atom stereocenters. The van der Waals surface area contributed by atoms with Gasteiger partial charge in [0.2, 0.25) is 5.91 Å². The fraction of sp³-hybridized carbons (Fsp3) is 0.154. The average Bonchev–Trinajstić information content (AvgIpc) is 3.52. The first-order valence-corrected chi connectivity index (χ1v) is 14.3. The number of nitrogens with one attached hydrogen (secondary N) is 1. The molecule has 3 aromatic carbocycles. The van der Waals surface area contributed by atoms with Gasteiger partial charge in [-0.15, -0.1) is 10.2 Å². The number of para-hydroxylation sites is 1. The molecule has 37 heavy (non-hydrogen) atoms. The number of rotatable bonds is 7. The Morgan fingerprint density at radius 1 is 1.00 bits per heavy atom. The first-order chi connectivity index (χ1) is 17.9. The second-order valence-corrected chi connectivity index (χ2v) is 11.4. The van der Waals surface area contributed by atoms with Gasteiger partial charge in [0.05, 0.1) is 22.9 Å². The SMILES string of the molecule is O=C(NCc1nnc(SCC(=O)N2CCc3ccccc32)n1-c1ccc(Br)cc1)c1cc(Br)ccc1Cl. The van der Waals surface area contributed by atoms with Crippen molar-refractivity contribution in [1.29, 1.82) is 0 Å². The van der Waals surface area contributed by atoms with E-state index >= 15 is 0 Å². The quantitative estimate of drug-likeness (QED) is 0.244. The molecule has 4 aromatic rings. The van der Waals surface area contributed by atoms with Crippen molar-refractivity contribution < 1.29 is 9.59 Å². The zero-order valence-corrected chi connectivity index (χ0v) is 24.1. The van der Waals surface area contributed by atoms with Crippen LogP contribution in [0.15, 0.2) is 80.8 Å². The maximum Gasteiger partial charge on any atom is 0.253 e. The number of thioether (sulfide) groups is 1. The number of amides is 2. The summed E-state index contributed by atoms with van der Waals surface area (Å²) in [6.45, 7) is 0.798. The Labute approximate surface area is 239 Å². The van der Waals surface area contributed by atoms with Gasteiger partial charge < -0.3 is 10.2 Å². The molecule has 0 spiro atoms. The molecular weight excluding hydrogens is 642 g/mol. The highest BCUT2D eigenvalue weighted by molar-refractivity contribution is 9.10. The third-order valence-corrected chi connectivity index (χ3v) is 8.14. The highest BCUT2D eigenvalue weighted by Crippen LogP contribution is 2.30. The van der Waals surface area contributed by atoms with Gasteiger partial charge in [0.15, 0.2) is 11.0 Å². The number of aromatic nitrogens is 3. The molecular formula is C26H20Br2ClN5O2S. The summed E-state index contributed by atoms with van der Waals surface area (Å²) in [6, 6.07) is 20.8. The molecule has 0 aliphatic carbocycles. The van der Waals surface area contributed by atoms with Crippen LogP contribution in [0.5, 0.6) is 0 Å². The molecule has 5 rings (SSSR count). The number of carbonyl (C=O) groups excluding carboxylic acids is 2. The molecule has 0 fully saturated rings. The molecule has 7 nitrogen and oxygen atoms in total. The zero-order chi connectivity index (χ0) is 25.9. The standard InChI is InChI=1S/C26H20Br2ClN5O2S/c27-17-5-8-19(9-6-17)34-23(14-30-25(36)20-13-18(28)7-10-21(20)29)31-32-26(34)37-15-24(35)33-12-11-16-3-1-2-4-22(16)33/h1-10,13H,11-12,14-15H2,(H,30,36). The number of halogens is 3. The van der Waals surface area contributed by atoms with Gasteiger partial charge in [0.25, 0.3) is 5.91 Å². The Morgan fingerprint density at radius 2 is 1.76 bits per heavy atom. The van der Waals surface area contributed by atoms with Crippen molar-refractivity contribution in [2.45, 2.75) is 18.1 Å². The zero-order valence-electron chi connectivity index (χ0n) is 19.3. The second-order valence-electron chi connectivity index (χ2n) is 8.23. The van der Waals surface area contributed by atoms with Crippen LogP contribution in [0.4, 0.5) is 5.69 Å². The van der Waals surface area contributed by atoms with Crippen molar-refractivity contribution in [2.24, 2.45) is 0 Å². The molecule has 11 heteroatoms.